The van der Waals surface area contributed by atoms with Crippen LogP contribution in [0.5, 0.6) is 0 Å². The average molecular weight is 1280 g/mol. The van der Waals surface area contributed by atoms with E-state index in [9.17, 15) is 57.1 Å². The van der Waals surface area contributed by atoms with Crippen LogP contribution >= 0.6 is 36.2 Å². The van der Waals surface area contributed by atoms with Gasteiger partial charge in [-0.2, -0.15) is 0 Å². The van der Waals surface area contributed by atoms with Crippen molar-refractivity contribution in [3.8, 4) is 0 Å². The Morgan fingerprint density at radius 2 is 0.756 bits per heavy atom. The fourth-order valence-electron chi connectivity index (χ4n) is 3.88. The third-order valence-corrected chi connectivity index (χ3v) is 11.2. The highest BCUT2D eigenvalue weighted by Gasteiger charge is 2.33. The first-order valence-corrected chi connectivity index (χ1v) is 28.3. The number of aliphatic hydroxyl groups is 4. The SMILES string of the molecule is C.C.C.C.C.CC(O)C(=O)O[C@@H](C)C(=O)OCCOC(=O)C(C)OC(=O)[C@@H](C)O.CCOP(=O)(CC)OC(C)C(=O)OC(C)C(=O)OCCOC(=O)C(C)OC(=O)C(C)OC.CCOP(=O)(Cl)Cl.C[C@@H]1OC(=O)[C@H](C)OC1=O.OCCO. The van der Waals surface area contributed by atoms with Gasteiger partial charge in [0.15, 0.2) is 48.8 Å². The second kappa shape index (κ2) is 53.2. The van der Waals surface area contributed by atoms with Gasteiger partial charge in [0.25, 0.3) is 0 Å². The molecule has 0 bridgehead atoms. The zero-order valence-corrected chi connectivity index (χ0v) is 48.5. The van der Waals surface area contributed by atoms with Gasteiger partial charge in [0, 0.05) is 13.3 Å². The summed E-state index contributed by atoms with van der Waals surface area (Å²) in [6, 6.07) is 0. The van der Waals surface area contributed by atoms with Gasteiger partial charge >= 0.3 is 73.4 Å². The number of halogens is 2. The van der Waals surface area contributed by atoms with Gasteiger partial charge in [-0.25, -0.2) is 47.9 Å². The average Bonchev–Trinajstić information content (AvgIpc) is 3.35. The molecule has 1 rings (SSSR count). The van der Waals surface area contributed by atoms with Gasteiger partial charge < -0.3 is 81.6 Å². The summed E-state index contributed by atoms with van der Waals surface area (Å²) in [6.45, 7) is 17.1. The summed E-state index contributed by atoms with van der Waals surface area (Å²) in [4.78, 5) is 114. The molecule has 0 aromatic heterocycles. The van der Waals surface area contributed by atoms with Gasteiger partial charge in [0.2, 0.25) is 0 Å². The summed E-state index contributed by atoms with van der Waals surface area (Å²) in [5.41, 5.74) is 0. The van der Waals surface area contributed by atoms with Crippen molar-refractivity contribution >= 4 is 95.8 Å². The third-order valence-electron chi connectivity index (χ3n) is 8.00. The highest BCUT2D eigenvalue weighted by Crippen LogP contribution is 2.57. The van der Waals surface area contributed by atoms with E-state index in [0.717, 1.165) is 0 Å². The number of ether oxygens (including phenoxy) is 11. The minimum absolute atomic E-state index is 0. The number of cyclic esters (lactones) is 2. The maximum atomic E-state index is 12.3. The molecule has 7 unspecified atom stereocenters. The van der Waals surface area contributed by atoms with Crippen LogP contribution in [0.15, 0.2) is 0 Å². The number of carbonyl (C=O) groups excluding carboxylic acids is 10. The van der Waals surface area contributed by atoms with Crippen LogP contribution in [0, 0.1) is 0 Å². The Labute approximate surface area is 491 Å². The van der Waals surface area contributed by atoms with Crippen molar-refractivity contribution < 1.29 is 143 Å². The lowest BCUT2D eigenvalue weighted by atomic mass is 10.3. The molecular weight excluding hydrogens is 1190 g/mol. The molecule has 0 spiro atoms. The molecule has 4 N–H and O–H groups in total. The van der Waals surface area contributed by atoms with Gasteiger partial charge in [-0.3, -0.25) is 13.7 Å². The molecule has 0 radical (unpaired) electrons. The Bertz CT molecular complexity index is 1850. The number of aliphatic hydroxyl groups excluding tert-OH is 4. The van der Waals surface area contributed by atoms with Gasteiger partial charge in [0.05, 0.1) is 26.4 Å². The van der Waals surface area contributed by atoms with E-state index in [0.29, 0.717) is 0 Å². The lowest BCUT2D eigenvalue weighted by Gasteiger charge is -2.22. The van der Waals surface area contributed by atoms with E-state index in [1.54, 1.807) is 20.8 Å². The summed E-state index contributed by atoms with van der Waals surface area (Å²) in [5.74, 6) is -8.04. The summed E-state index contributed by atoms with van der Waals surface area (Å²) >= 11 is 9.86. The fourth-order valence-corrected chi connectivity index (χ4v) is 6.12. The van der Waals surface area contributed by atoms with Crippen LogP contribution in [0.2, 0.25) is 0 Å². The van der Waals surface area contributed by atoms with Gasteiger partial charge in [-0.15, -0.1) is 0 Å². The molecule has 0 aliphatic carbocycles. The molecule has 1 aliphatic rings. The molecular formula is C48H94Cl2O30P2. The fraction of sp³-hybridized carbons (Fsp3) is 0.792. The minimum Gasteiger partial charge on any atom is -0.459 e. The molecule has 0 amide bonds. The second-order valence-electron chi connectivity index (χ2n) is 14.7. The molecule has 1 saturated heterocycles. The lowest BCUT2D eigenvalue weighted by molar-refractivity contribution is -0.191. The molecule has 1 aliphatic heterocycles. The van der Waals surface area contributed by atoms with Crippen molar-refractivity contribution in [1.29, 1.82) is 0 Å². The molecule has 0 aromatic carbocycles. The Kier molecular flexibility index (Phi) is 62.6. The van der Waals surface area contributed by atoms with E-state index in [-0.39, 0.29) is 96.2 Å². The number of rotatable bonds is 27. The smallest absolute Gasteiger partial charge is 0.380 e. The summed E-state index contributed by atoms with van der Waals surface area (Å²) in [6.07, 6.45) is -14.4. The van der Waals surface area contributed by atoms with Crippen LogP contribution in [0.3, 0.4) is 0 Å². The molecule has 82 heavy (non-hydrogen) atoms. The number of hydrogen-bond acceptors (Lipinski definition) is 30. The Balaban J connectivity index is -0.000000133. The number of carbonyl (C=O) groups is 10. The van der Waals surface area contributed by atoms with E-state index in [1.807, 2.05) is 0 Å². The number of esters is 10. The van der Waals surface area contributed by atoms with E-state index in [1.165, 1.54) is 76.3 Å². The van der Waals surface area contributed by atoms with Crippen molar-refractivity contribution in [3.63, 3.8) is 0 Å². The monoisotopic (exact) mass is 1280 g/mol. The quantitative estimate of drug-likeness (QED) is 0.0366. The Morgan fingerprint density at radius 1 is 0.488 bits per heavy atom. The van der Waals surface area contributed by atoms with Gasteiger partial charge in [-0.05, 0) is 106 Å². The predicted octanol–water partition coefficient (Wildman–Crippen LogP) is 4.95. The maximum absolute atomic E-state index is 12.3. The van der Waals surface area contributed by atoms with Crippen LogP contribution in [0.25, 0.3) is 0 Å². The van der Waals surface area contributed by atoms with Crippen molar-refractivity contribution in [3.05, 3.63) is 0 Å². The van der Waals surface area contributed by atoms with Crippen LogP contribution in [0.4, 0.5) is 0 Å². The standard InChI is InChI=1S/C19H33O12P.C14H22O10.C6H8O4.C2H5Cl2O2P.C2H6O2.5CH4/c1-8-28-32(24,9-2)31-15(6)19(23)30-14(5)17(21)27-11-10-26-16(20)13(4)29-18(22)12(3)25-7;1-7(15)11(17)23-9(3)13(19)21-5-6-22-14(20)10(4)24-12(18)8(2)16;1-3-5(7)10-4(2)6(8)9-3;1-2-6-7(3,4)5;3-1-2-4;;;;;/h12-15H,8-11H2,1-7H3;7-10,15-16H,5-6H2,1-4H3;3-4H,1-2H3;2H2,1H3;3-4H,1-2H2;5*1H4/t;7-,8?,9?,10+;3-,4-;;;;;;;/m.10......./s1. The van der Waals surface area contributed by atoms with Gasteiger partial charge in [0.1, 0.15) is 38.6 Å². The molecule has 0 saturated carbocycles. The van der Waals surface area contributed by atoms with Crippen LogP contribution in [-0.4, -0.2) is 207 Å². The van der Waals surface area contributed by atoms with Crippen molar-refractivity contribution in [2.75, 3.05) is 66.1 Å². The molecule has 0 aromatic rings. The van der Waals surface area contributed by atoms with E-state index < -0.39 is 134 Å². The van der Waals surface area contributed by atoms with Crippen molar-refractivity contribution in [1.82, 2.24) is 0 Å². The number of hydrogen-bond donors (Lipinski definition) is 4. The van der Waals surface area contributed by atoms with Crippen LogP contribution < -0.4 is 0 Å². The van der Waals surface area contributed by atoms with Crippen LogP contribution in [-0.2, 0) is 123 Å². The molecule has 30 nitrogen and oxygen atoms in total. The molecule has 1 heterocycles. The summed E-state index contributed by atoms with van der Waals surface area (Å²) < 4.78 is 89.1. The highest BCUT2D eigenvalue weighted by atomic mass is 35.9. The van der Waals surface area contributed by atoms with E-state index >= 15 is 0 Å². The minimum atomic E-state index is -3.44. The maximum Gasteiger partial charge on any atom is 0.380 e. The number of methoxy groups -OCH3 is 1. The Hall–Kier alpha value is -4.58. The molecule has 1 fully saturated rings. The molecule has 11 atom stereocenters. The third kappa shape index (κ3) is 48.9. The highest BCUT2D eigenvalue weighted by molar-refractivity contribution is 8.05. The first-order valence-electron chi connectivity index (χ1n) is 23.1. The van der Waals surface area contributed by atoms with Crippen molar-refractivity contribution in [2.24, 2.45) is 0 Å². The predicted molar refractivity (Wildman–Crippen MR) is 296 cm³/mol. The van der Waals surface area contributed by atoms with Gasteiger partial charge in [-0.1, -0.05) is 44.1 Å². The normalized spacial score (nSPS) is 16.4. The second-order valence-corrected chi connectivity index (χ2v) is 21.3. The van der Waals surface area contributed by atoms with Crippen LogP contribution in [0.1, 0.15) is 127 Å². The zero-order valence-electron chi connectivity index (χ0n) is 45.2. The van der Waals surface area contributed by atoms with Crippen molar-refractivity contribution in [2.45, 2.75) is 188 Å². The lowest BCUT2D eigenvalue weighted by Crippen LogP contribution is -2.40. The van der Waals surface area contributed by atoms with E-state index in [4.69, 9.17) is 85.1 Å². The first-order chi connectivity index (χ1) is 35.5. The first kappa shape index (κ1) is 96.6. The zero-order chi connectivity index (χ0) is 60.8. The molecule has 490 valence electrons. The summed E-state index contributed by atoms with van der Waals surface area (Å²) in [7, 11) is -2.12. The largest absolute Gasteiger partial charge is 0.459 e. The topological polar surface area (TPSA) is 415 Å². The molecule has 34 heteroatoms. The van der Waals surface area contributed by atoms with E-state index in [2.05, 4.69) is 23.5 Å². The summed E-state index contributed by atoms with van der Waals surface area (Å²) in [5, 5.41) is 33.1. The Morgan fingerprint density at radius 3 is 0.963 bits per heavy atom.